The van der Waals surface area contributed by atoms with Gasteiger partial charge in [0, 0.05) is 42.5 Å². The predicted molar refractivity (Wildman–Crippen MR) is 159 cm³/mol. The number of alkyl halides is 3. The van der Waals surface area contributed by atoms with E-state index >= 15 is 0 Å². The van der Waals surface area contributed by atoms with Gasteiger partial charge in [0.05, 0.1) is 29.5 Å². The molecule has 0 aliphatic heterocycles. The fourth-order valence-electron chi connectivity index (χ4n) is 4.32. The van der Waals surface area contributed by atoms with Crippen LogP contribution in [0.1, 0.15) is 30.2 Å². The molecule has 3 heterocycles. The first-order valence-corrected chi connectivity index (χ1v) is 14.8. The number of aryl methyl sites for hydroxylation is 3. The van der Waals surface area contributed by atoms with Crippen molar-refractivity contribution in [1.82, 2.24) is 19.3 Å². The molecule has 0 aliphatic rings. The second-order valence-electron chi connectivity index (χ2n) is 9.36. The standard InChI is InChI=1S/C26H29F4N5O3P2S/c1-3-16-11-31-22(41-16)18-9-14-6-8-35(23(36)17(14)10-19(18)27)7-4-5-15(13-38-25(39)40)33-20-12-32-34(2)24(37)21(20)26(28,29)30/h6,8-12,15,25,33H,3-5,7,13,39-40H2,1-2H3/t15-/m1/s1. The van der Waals surface area contributed by atoms with Crippen LogP contribution in [-0.2, 0) is 30.9 Å². The van der Waals surface area contributed by atoms with Gasteiger partial charge in [0.2, 0.25) is 0 Å². The minimum absolute atomic E-state index is 0.0290. The van der Waals surface area contributed by atoms with Gasteiger partial charge >= 0.3 is 6.18 Å². The van der Waals surface area contributed by atoms with Crippen molar-refractivity contribution < 1.29 is 22.3 Å². The second kappa shape index (κ2) is 13.1. The summed E-state index contributed by atoms with van der Waals surface area (Å²) in [5, 5.41) is 7.82. The Labute approximate surface area is 241 Å². The van der Waals surface area contributed by atoms with Crippen LogP contribution in [0.5, 0.6) is 0 Å². The molecule has 1 aromatic carbocycles. The maximum absolute atomic E-state index is 15.0. The molecule has 4 rings (SSSR count). The van der Waals surface area contributed by atoms with Crippen LogP contribution in [0.2, 0.25) is 0 Å². The summed E-state index contributed by atoms with van der Waals surface area (Å²) >= 11 is 1.40. The molecular weight excluding hydrogens is 600 g/mol. The van der Waals surface area contributed by atoms with Crippen LogP contribution >= 0.6 is 29.8 Å². The molecule has 0 bridgehead atoms. The van der Waals surface area contributed by atoms with Gasteiger partial charge in [-0.05, 0) is 42.8 Å². The predicted octanol–water partition coefficient (Wildman–Crippen LogP) is 5.25. The number of rotatable bonds is 11. The number of anilines is 1. The van der Waals surface area contributed by atoms with Crippen molar-refractivity contribution in [1.29, 1.82) is 0 Å². The van der Waals surface area contributed by atoms with Gasteiger partial charge in [-0.15, -0.1) is 29.8 Å². The van der Waals surface area contributed by atoms with Crippen molar-refractivity contribution in [2.24, 2.45) is 7.05 Å². The molecule has 41 heavy (non-hydrogen) atoms. The van der Waals surface area contributed by atoms with Crippen LogP contribution in [0, 0.1) is 5.82 Å². The minimum atomic E-state index is -4.89. The smallest absolute Gasteiger partial charge is 0.378 e. The normalized spacial score (nSPS) is 12.8. The van der Waals surface area contributed by atoms with Gasteiger partial charge in [-0.2, -0.15) is 18.3 Å². The Kier molecular flexibility index (Phi) is 9.95. The summed E-state index contributed by atoms with van der Waals surface area (Å²) in [5.41, 5.74) is -3.45. The van der Waals surface area contributed by atoms with Crippen molar-refractivity contribution in [3.05, 3.63) is 73.8 Å². The highest BCUT2D eigenvalue weighted by Crippen LogP contribution is 2.33. The number of nitrogens with zero attached hydrogens (tertiary/aromatic N) is 4. The van der Waals surface area contributed by atoms with Gasteiger partial charge in [-0.1, -0.05) is 6.92 Å². The van der Waals surface area contributed by atoms with Crippen LogP contribution in [-0.4, -0.2) is 37.6 Å². The third-order valence-electron chi connectivity index (χ3n) is 6.42. The molecule has 4 aromatic rings. The van der Waals surface area contributed by atoms with E-state index in [9.17, 15) is 27.2 Å². The summed E-state index contributed by atoms with van der Waals surface area (Å²) < 4.78 is 63.7. The van der Waals surface area contributed by atoms with Crippen molar-refractivity contribution in [3.8, 4) is 10.6 Å². The highest BCUT2D eigenvalue weighted by atomic mass is 32.1. The van der Waals surface area contributed by atoms with Gasteiger partial charge in [-0.3, -0.25) is 9.59 Å². The lowest BCUT2D eigenvalue weighted by atomic mass is 10.1. The number of fused-ring (bicyclic) bond motifs is 1. The molecule has 220 valence electrons. The van der Waals surface area contributed by atoms with Crippen LogP contribution < -0.4 is 16.4 Å². The number of hydrogen-bond acceptors (Lipinski definition) is 7. The minimum Gasteiger partial charge on any atom is -0.378 e. The van der Waals surface area contributed by atoms with Crippen LogP contribution in [0.4, 0.5) is 23.2 Å². The highest BCUT2D eigenvalue weighted by molar-refractivity contribution is 7.37. The number of nitrogens with one attached hydrogen (secondary N) is 1. The molecule has 2 unspecified atom stereocenters. The first kappa shape index (κ1) is 31.2. The number of ether oxygens (including phenoxy) is 1. The van der Waals surface area contributed by atoms with Crippen LogP contribution in [0.25, 0.3) is 21.3 Å². The zero-order valence-corrected chi connectivity index (χ0v) is 25.4. The molecule has 0 saturated heterocycles. The summed E-state index contributed by atoms with van der Waals surface area (Å²) in [6.45, 7) is 2.25. The van der Waals surface area contributed by atoms with E-state index in [1.165, 1.54) is 22.0 Å². The fourth-order valence-corrected chi connectivity index (χ4v) is 5.41. The van der Waals surface area contributed by atoms with Gasteiger partial charge in [0.15, 0.2) is 0 Å². The maximum atomic E-state index is 15.0. The zero-order chi connectivity index (χ0) is 29.9. The average molecular weight is 630 g/mol. The molecule has 0 aliphatic carbocycles. The molecule has 3 atom stereocenters. The maximum Gasteiger partial charge on any atom is 0.423 e. The van der Waals surface area contributed by atoms with Crippen molar-refractivity contribution in [2.75, 3.05) is 11.9 Å². The first-order valence-electron chi connectivity index (χ1n) is 12.7. The monoisotopic (exact) mass is 629 g/mol. The third kappa shape index (κ3) is 7.38. The largest absolute Gasteiger partial charge is 0.423 e. The number of halogens is 4. The summed E-state index contributed by atoms with van der Waals surface area (Å²) in [5.74, 6) is -0.543. The number of benzene rings is 1. The lowest BCUT2D eigenvalue weighted by Crippen LogP contribution is -2.34. The van der Waals surface area contributed by atoms with E-state index in [2.05, 4.69) is 33.9 Å². The SMILES string of the molecule is CCc1cnc(-c2cc3ccn(CCC[C@H](COC(P)P)Nc4cnn(C)c(=O)c4C(F)(F)F)c(=O)c3cc2F)s1. The molecule has 0 radical (unpaired) electrons. The Hall–Kier alpha value is -2.72. The molecule has 15 heteroatoms. The van der Waals surface area contributed by atoms with E-state index in [-0.39, 0.29) is 29.7 Å². The number of pyridine rings is 1. The molecule has 0 spiro atoms. The molecule has 3 aromatic heterocycles. The topological polar surface area (TPSA) is 91.0 Å². The Morgan fingerprint density at radius 1 is 1.17 bits per heavy atom. The summed E-state index contributed by atoms with van der Waals surface area (Å²) in [7, 11) is 5.96. The van der Waals surface area contributed by atoms with Crippen molar-refractivity contribution in [3.63, 3.8) is 0 Å². The average Bonchev–Trinajstić information content (AvgIpc) is 3.39. The summed E-state index contributed by atoms with van der Waals surface area (Å²) in [6, 6.07) is 3.93. The summed E-state index contributed by atoms with van der Waals surface area (Å²) in [6.07, 6.45) is 0.867. The van der Waals surface area contributed by atoms with Crippen molar-refractivity contribution >= 4 is 46.3 Å². The molecule has 1 N–H and O–H groups in total. The van der Waals surface area contributed by atoms with Gasteiger partial charge < -0.3 is 14.6 Å². The van der Waals surface area contributed by atoms with E-state index in [4.69, 9.17) is 4.74 Å². The van der Waals surface area contributed by atoms with Gasteiger partial charge in [0.1, 0.15) is 16.4 Å². The van der Waals surface area contributed by atoms with Crippen LogP contribution in [0.3, 0.4) is 0 Å². The number of aromatic nitrogens is 4. The fraction of sp³-hybridized carbons (Fsp3) is 0.385. The quantitative estimate of drug-likeness (QED) is 0.180. The Morgan fingerprint density at radius 3 is 2.59 bits per heavy atom. The van der Waals surface area contributed by atoms with Gasteiger partial charge in [-0.25, -0.2) is 14.1 Å². The lowest BCUT2D eigenvalue weighted by molar-refractivity contribution is -0.138. The molecular formula is C26H29F4N5O3P2S. The Morgan fingerprint density at radius 2 is 1.93 bits per heavy atom. The molecule has 8 nitrogen and oxygen atoms in total. The summed E-state index contributed by atoms with van der Waals surface area (Å²) in [4.78, 5) is 30.7. The van der Waals surface area contributed by atoms with Crippen LogP contribution in [0.15, 0.2) is 46.4 Å². The Bertz CT molecular complexity index is 1660. The third-order valence-corrected chi connectivity index (χ3v) is 7.98. The molecule has 0 fully saturated rings. The highest BCUT2D eigenvalue weighted by Gasteiger charge is 2.38. The molecule has 0 saturated carbocycles. The Balaban J connectivity index is 1.53. The zero-order valence-electron chi connectivity index (χ0n) is 22.2. The van der Waals surface area contributed by atoms with E-state index in [0.29, 0.717) is 33.5 Å². The number of hydrogen-bond donors (Lipinski definition) is 1. The van der Waals surface area contributed by atoms with E-state index in [0.717, 1.165) is 24.5 Å². The lowest BCUT2D eigenvalue weighted by Gasteiger charge is -2.23. The van der Waals surface area contributed by atoms with Crippen molar-refractivity contribution in [2.45, 2.75) is 50.5 Å². The second-order valence-corrected chi connectivity index (χ2v) is 12.6. The van der Waals surface area contributed by atoms with E-state index < -0.39 is 34.8 Å². The first-order chi connectivity index (χ1) is 19.4. The van der Waals surface area contributed by atoms with Gasteiger partial charge in [0.25, 0.3) is 11.1 Å². The number of thiazole rings is 1. The van der Waals surface area contributed by atoms with E-state index in [1.807, 2.05) is 6.92 Å². The van der Waals surface area contributed by atoms with E-state index in [1.54, 1.807) is 24.5 Å². The molecule has 0 amide bonds.